The van der Waals surface area contributed by atoms with Crippen LogP contribution in [0.1, 0.15) is 25.3 Å². The van der Waals surface area contributed by atoms with Gasteiger partial charge in [0.1, 0.15) is 0 Å². The van der Waals surface area contributed by atoms with Gasteiger partial charge in [0.15, 0.2) is 11.5 Å². The zero-order valence-electron chi connectivity index (χ0n) is 17.6. The van der Waals surface area contributed by atoms with Crippen molar-refractivity contribution in [3.63, 3.8) is 0 Å². The van der Waals surface area contributed by atoms with Crippen molar-refractivity contribution >= 4 is 21.4 Å². The van der Waals surface area contributed by atoms with Crippen LogP contribution < -0.4 is 9.47 Å². The summed E-state index contributed by atoms with van der Waals surface area (Å²) in [5, 5.41) is 10.3. The predicted octanol–water partition coefficient (Wildman–Crippen LogP) is 3.03. The van der Waals surface area contributed by atoms with Gasteiger partial charge >= 0.3 is 0 Å². The average Bonchev–Trinajstić information content (AvgIpc) is 3.46. The van der Waals surface area contributed by atoms with Gasteiger partial charge in [0, 0.05) is 38.7 Å². The molecule has 0 radical (unpaired) electrons. The van der Waals surface area contributed by atoms with E-state index >= 15 is 0 Å². The van der Waals surface area contributed by atoms with Gasteiger partial charge in [-0.3, -0.25) is 4.90 Å². The van der Waals surface area contributed by atoms with Crippen molar-refractivity contribution in [1.29, 1.82) is 0 Å². The smallest absolute Gasteiger partial charge is 0.257 e. The number of benzene rings is 1. The molecule has 0 amide bonds. The van der Waals surface area contributed by atoms with Crippen LogP contribution in [-0.2, 0) is 10.0 Å². The van der Waals surface area contributed by atoms with Crippen LogP contribution >= 0.6 is 11.3 Å². The summed E-state index contributed by atoms with van der Waals surface area (Å²) in [6.45, 7) is 4.98. The Morgan fingerprint density at radius 2 is 1.81 bits per heavy atom. The van der Waals surface area contributed by atoms with E-state index in [9.17, 15) is 8.42 Å². The number of piperazine rings is 1. The lowest BCUT2D eigenvalue weighted by atomic mass is 10.2. The monoisotopic (exact) mass is 476 g/mol. The van der Waals surface area contributed by atoms with Crippen molar-refractivity contribution in [3.8, 4) is 22.3 Å². The fourth-order valence-electron chi connectivity index (χ4n) is 3.84. The Bertz CT molecular complexity index is 1170. The van der Waals surface area contributed by atoms with Crippen molar-refractivity contribution in [2.45, 2.75) is 24.3 Å². The van der Waals surface area contributed by atoms with Crippen molar-refractivity contribution in [2.75, 3.05) is 39.4 Å². The maximum Gasteiger partial charge on any atom is 0.257 e. The van der Waals surface area contributed by atoms with Crippen molar-refractivity contribution in [1.82, 2.24) is 19.4 Å². The number of nitrogens with zero attached hydrogens (tertiary/aromatic N) is 4. The summed E-state index contributed by atoms with van der Waals surface area (Å²) in [6, 6.07) is 8.61. The molecule has 0 saturated carbocycles. The van der Waals surface area contributed by atoms with E-state index < -0.39 is 10.0 Å². The van der Waals surface area contributed by atoms with Crippen LogP contribution in [0, 0.1) is 0 Å². The summed E-state index contributed by atoms with van der Waals surface area (Å²) in [5.74, 6) is 2.11. The highest BCUT2D eigenvalue weighted by Gasteiger charge is 2.32. The SMILES string of the molecule is C[C@@H](c1nnc(-c2cccs2)o1)N1CCN(S(=O)(=O)c2ccc3c(c2)OCCCO3)CC1. The second-order valence-electron chi connectivity index (χ2n) is 7.70. The minimum absolute atomic E-state index is 0.0980. The summed E-state index contributed by atoms with van der Waals surface area (Å²) in [7, 11) is -3.63. The van der Waals surface area contributed by atoms with Gasteiger partial charge in [-0.05, 0) is 30.5 Å². The van der Waals surface area contributed by atoms with Crippen molar-refractivity contribution in [2.24, 2.45) is 0 Å². The van der Waals surface area contributed by atoms with Gasteiger partial charge in [0.2, 0.25) is 15.9 Å². The lowest BCUT2D eigenvalue weighted by Gasteiger charge is -2.36. The fourth-order valence-corrected chi connectivity index (χ4v) is 5.93. The lowest BCUT2D eigenvalue weighted by molar-refractivity contribution is 0.129. The Labute approximate surface area is 190 Å². The van der Waals surface area contributed by atoms with Gasteiger partial charge in [-0.15, -0.1) is 21.5 Å². The van der Waals surface area contributed by atoms with Crippen LogP contribution in [0.4, 0.5) is 0 Å². The van der Waals surface area contributed by atoms with E-state index in [1.807, 2.05) is 24.4 Å². The van der Waals surface area contributed by atoms with E-state index in [0.717, 1.165) is 11.3 Å². The molecule has 9 nitrogen and oxygen atoms in total. The first-order valence-corrected chi connectivity index (χ1v) is 12.9. The van der Waals surface area contributed by atoms with Crippen LogP contribution in [0.3, 0.4) is 0 Å². The third-order valence-electron chi connectivity index (χ3n) is 5.71. The molecule has 11 heteroatoms. The largest absolute Gasteiger partial charge is 0.490 e. The molecule has 170 valence electrons. The van der Waals surface area contributed by atoms with E-state index in [4.69, 9.17) is 13.9 Å². The first-order valence-electron chi connectivity index (χ1n) is 10.5. The first-order chi connectivity index (χ1) is 15.5. The number of hydrogen-bond donors (Lipinski definition) is 0. The van der Waals surface area contributed by atoms with Gasteiger partial charge < -0.3 is 13.9 Å². The zero-order valence-corrected chi connectivity index (χ0v) is 19.3. The third kappa shape index (κ3) is 4.13. The lowest BCUT2D eigenvalue weighted by Crippen LogP contribution is -2.49. The van der Waals surface area contributed by atoms with Crippen LogP contribution in [-0.4, -0.2) is 67.2 Å². The molecule has 1 fully saturated rings. The molecule has 0 aliphatic carbocycles. The average molecular weight is 477 g/mol. The summed E-state index contributed by atoms with van der Waals surface area (Å²) in [4.78, 5) is 3.31. The molecule has 32 heavy (non-hydrogen) atoms. The van der Waals surface area contributed by atoms with Crippen LogP contribution in [0.15, 0.2) is 45.0 Å². The van der Waals surface area contributed by atoms with E-state index in [1.54, 1.807) is 29.5 Å². The second-order valence-corrected chi connectivity index (χ2v) is 10.6. The Kier molecular flexibility index (Phi) is 5.89. The standard InChI is InChI=1S/C21H24N4O5S2/c1-15(20-22-23-21(30-20)19-4-2-13-31-19)24-7-9-25(10-8-24)32(26,27)16-5-6-17-18(14-16)29-12-3-11-28-17/h2,4-6,13-15H,3,7-12H2,1H3/t15-/m0/s1. The van der Waals surface area contributed by atoms with Gasteiger partial charge in [0.25, 0.3) is 5.89 Å². The maximum absolute atomic E-state index is 13.2. The molecular weight excluding hydrogens is 452 g/mol. The fraction of sp³-hybridized carbons (Fsp3) is 0.429. The number of ether oxygens (including phenoxy) is 2. The highest BCUT2D eigenvalue weighted by atomic mass is 32.2. The molecular formula is C21H24N4O5S2. The molecule has 5 rings (SSSR count). The van der Waals surface area contributed by atoms with Gasteiger partial charge in [0.05, 0.1) is 29.0 Å². The van der Waals surface area contributed by atoms with Gasteiger partial charge in [-0.25, -0.2) is 8.42 Å². The minimum Gasteiger partial charge on any atom is -0.490 e. The highest BCUT2D eigenvalue weighted by Crippen LogP contribution is 2.33. The predicted molar refractivity (Wildman–Crippen MR) is 118 cm³/mol. The van der Waals surface area contributed by atoms with Crippen LogP contribution in [0.2, 0.25) is 0 Å². The molecule has 0 N–H and O–H groups in total. The molecule has 0 spiro atoms. The Morgan fingerprint density at radius 1 is 1.03 bits per heavy atom. The minimum atomic E-state index is -3.63. The van der Waals surface area contributed by atoms with E-state index in [2.05, 4.69) is 15.1 Å². The zero-order chi connectivity index (χ0) is 22.1. The number of aromatic nitrogens is 2. The first kappa shape index (κ1) is 21.4. The second kappa shape index (κ2) is 8.81. The summed E-state index contributed by atoms with van der Waals surface area (Å²) >= 11 is 1.55. The number of fused-ring (bicyclic) bond motifs is 1. The third-order valence-corrected chi connectivity index (χ3v) is 8.46. The molecule has 2 aliphatic rings. The summed E-state index contributed by atoms with van der Waals surface area (Å²) in [5.41, 5.74) is 0. The topological polar surface area (TPSA) is 98.0 Å². The number of hydrogen-bond acceptors (Lipinski definition) is 9. The van der Waals surface area contributed by atoms with Crippen LogP contribution in [0.25, 0.3) is 10.8 Å². The molecule has 2 aromatic heterocycles. The molecule has 4 heterocycles. The Balaban J connectivity index is 1.25. The normalized spacial score (nSPS) is 18.9. The van der Waals surface area contributed by atoms with E-state index in [-0.39, 0.29) is 10.9 Å². The number of rotatable bonds is 5. The van der Waals surface area contributed by atoms with Crippen molar-refractivity contribution in [3.05, 3.63) is 41.6 Å². The maximum atomic E-state index is 13.2. The molecule has 2 aliphatic heterocycles. The Morgan fingerprint density at radius 3 is 2.56 bits per heavy atom. The summed E-state index contributed by atoms with van der Waals surface area (Å²) in [6.07, 6.45) is 0.770. The van der Waals surface area contributed by atoms with Gasteiger partial charge in [-0.1, -0.05) is 6.07 Å². The molecule has 3 aromatic rings. The Hall–Kier alpha value is -2.47. The molecule has 1 aromatic carbocycles. The molecule has 0 bridgehead atoms. The van der Waals surface area contributed by atoms with E-state index in [0.29, 0.717) is 62.7 Å². The number of sulfonamides is 1. The van der Waals surface area contributed by atoms with Gasteiger partial charge in [-0.2, -0.15) is 4.31 Å². The summed E-state index contributed by atoms with van der Waals surface area (Å²) < 4.78 is 45.1. The number of thiophene rings is 1. The van der Waals surface area contributed by atoms with Crippen LogP contribution in [0.5, 0.6) is 11.5 Å². The van der Waals surface area contributed by atoms with E-state index in [1.165, 1.54) is 4.31 Å². The molecule has 1 atom stereocenters. The quantitative estimate of drug-likeness (QED) is 0.554. The molecule has 0 unspecified atom stereocenters. The van der Waals surface area contributed by atoms with Crippen molar-refractivity contribution < 1.29 is 22.3 Å². The highest BCUT2D eigenvalue weighted by molar-refractivity contribution is 7.89. The molecule has 1 saturated heterocycles.